The van der Waals surface area contributed by atoms with Gasteiger partial charge in [0.25, 0.3) is 0 Å². The Morgan fingerprint density at radius 2 is 2.12 bits per heavy atom. The lowest BCUT2D eigenvalue weighted by Gasteiger charge is -1.98. The molecule has 0 radical (unpaired) electrons. The van der Waals surface area contributed by atoms with E-state index in [1.54, 1.807) is 6.07 Å². The summed E-state index contributed by atoms with van der Waals surface area (Å²) in [5, 5.41) is 12.4. The first-order valence-corrected chi connectivity index (χ1v) is 5.04. The predicted octanol–water partition coefficient (Wildman–Crippen LogP) is 2.94. The van der Waals surface area contributed by atoms with E-state index in [-0.39, 0.29) is 21.5 Å². The van der Waals surface area contributed by atoms with Gasteiger partial charge in [-0.15, -0.1) is 0 Å². The van der Waals surface area contributed by atoms with E-state index in [2.05, 4.69) is 21.1 Å². The molecule has 0 saturated carbocycles. The number of nitrogens with zero attached hydrogens (tertiary/aromatic N) is 1. The largest absolute Gasteiger partial charge is 0.477 e. The smallest absolute Gasteiger partial charge is 0.342 e. The van der Waals surface area contributed by atoms with Crippen LogP contribution in [0.3, 0.4) is 0 Å². The van der Waals surface area contributed by atoms with Crippen molar-refractivity contribution in [3.05, 3.63) is 40.2 Å². The Bertz CT molecular complexity index is 553. The summed E-state index contributed by atoms with van der Waals surface area (Å²) in [5.74, 6) is -1.89. The molecule has 0 atom stereocenters. The molecule has 16 heavy (non-hydrogen) atoms. The van der Waals surface area contributed by atoms with Gasteiger partial charge in [-0.25, -0.2) is 9.18 Å². The third-order valence-electron chi connectivity index (χ3n) is 1.98. The first-order chi connectivity index (χ1) is 7.61. The number of benzene rings is 1. The SMILES string of the molecule is O=C(O)c1c(Br)noc1-c1ccccc1F. The Balaban J connectivity index is 2.66. The Morgan fingerprint density at radius 1 is 1.44 bits per heavy atom. The summed E-state index contributed by atoms with van der Waals surface area (Å²) in [4.78, 5) is 10.9. The molecule has 4 nitrogen and oxygen atoms in total. The number of carboxylic acids is 1. The van der Waals surface area contributed by atoms with Crippen molar-refractivity contribution in [1.29, 1.82) is 0 Å². The molecule has 0 fully saturated rings. The normalized spacial score (nSPS) is 10.4. The van der Waals surface area contributed by atoms with Gasteiger partial charge in [-0.05, 0) is 28.1 Å². The van der Waals surface area contributed by atoms with Crippen LogP contribution in [0, 0.1) is 5.82 Å². The number of rotatable bonds is 2. The van der Waals surface area contributed by atoms with Crippen molar-refractivity contribution in [2.75, 3.05) is 0 Å². The van der Waals surface area contributed by atoms with Crippen molar-refractivity contribution in [3.8, 4) is 11.3 Å². The fourth-order valence-electron chi connectivity index (χ4n) is 1.29. The van der Waals surface area contributed by atoms with E-state index < -0.39 is 11.8 Å². The van der Waals surface area contributed by atoms with Crippen molar-refractivity contribution in [1.82, 2.24) is 5.16 Å². The lowest BCUT2D eigenvalue weighted by molar-refractivity contribution is 0.0696. The Labute approximate surface area is 97.8 Å². The molecule has 1 heterocycles. The summed E-state index contributed by atoms with van der Waals surface area (Å²) >= 11 is 2.93. The van der Waals surface area contributed by atoms with Crippen molar-refractivity contribution < 1.29 is 18.8 Å². The molecule has 1 aromatic carbocycles. The van der Waals surface area contributed by atoms with Gasteiger partial charge in [-0.3, -0.25) is 0 Å². The number of hydrogen-bond acceptors (Lipinski definition) is 3. The molecule has 0 unspecified atom stereocenters. The summed E-state index contributed by atoms with van der Waals surface area (Å²) in [6, 6.07) is 5.73. The monoisotopic (exact) mass is 285 g/mol. The fraction of sp³-hybridized carbons (Fsp3) is 0. The maximum atomic E-state index is 13.4. The number of carboxylic acid groups (broad SMARTS) is 1. The Morgan fingerprint density at radius 3 is 2.75 bits per heavy atom. The average molecular weight is 286 g/mol. The number of hydrogen-bond donors (Lipinski definition) is 1. The molecule has 2 aromatic rings. The minimum atomic E-state index is -1.23. The topological polar surface area (TPSA) is 63.3 Å². The van der Waals surface area contributed by atoms with Gasteiger partial charge in [0, 0.05) is 0 Å². The Kier molecular flexibility index (Phi) is 2.74. The lowest BCUT2D eigenvalue weighted by atomic mass is 10.1. The molecule has 0 saturated heterocycles. The standard InChI is InChI=1S/C10H5BrFNO3/c11-9-7(10(14)15)8(16-13-9)5-3-1-2-4-6(5)12/h1-4H,(H,14,15). The minimum Gasteiger partial charge on any atom is -0.477 e. The first kappa shape index (κ1) is 10.8. The van der Waals surface area contributed by atoms with Crippen molar-refractivity contribution in [2.45, 2.75) is 0 Å². The van der Waals surface area contributed by atoms with Crippen LogP contribution in [0.4, 0.5) is 4.39 Å². The second-order valence-electron chi connectivity index (χ2n) is 2.96. The summed E-state index contributed by atoms with van der Waals surface area (Å²) < 4.78 is 18.3. The van der Waals surface area contributed by atoms with E-state index in [0.717, 1.165) is 0 Å². The van der Waals surface area contributed by atoms with Crippen LogP contribution in [-0.2, 0) is 0 Å². The quantitative estimate of drug-likeness (QED) is 0.921. The first-order valence-electron chi connectivity index (χ1n) is 4.24. The van der Waals surface area contributed by atoms with Gasteiger partial charge in [0.15, 0.2) is 10.4 Å². The van der Waals surface area contributed by atoms with Crippen LogP contribution in [0.25, 0.3) is 11.3 Å². The maximum absolute atomic E-state index is 13.4. The highest BCUT2D eigenvalue weighted by molar-refractivity contribution is 9.10. The van der Waals surface area contributed by atoms with Gasteiger partial charge in [-0.2, -0.15) is 0 Å². The zero-order valence-corrected chi connectivity index (χ0v) is 9.36. The molecule has 0 spiro atoms. The van der Waals surface area contributed by atoms with E-state index in [0.29, 0.717) is 0 Å². The van der Waals surface area contributed by atoms with E-state index in [1.165, 1.54) is 18.2 Å². The zero-order chi connectivity index (χ0) is 11.7. The molecule has 0 aliphatic rings. The summed E-state index contributed by atoms with van der Waals surface area (Å²) in [5.41, 5.74) is -0.122. The van der Waals surface area contributed by atoms with E-state index in [1.807, 2.05) is 0 Å². The molecule has 0 aliphatic heterocycles. The van der Waals surface area contributed by atoms with Crippen molar-refractivity contribution in [3.63, 3.8) is 0 Å². The number of carbonyl (C=O) groups is 1. The van der Waals surface area contributed by atoms with Crippen LogP contribution in [0.2, 0.25) is 0 Å². The van der Waals surface area contributed by atoms with Gasteiger partial charge in [-0.1, -0.05) is 17.3 Å². The summed E-state index contributed by atoms with van der Waals surface area (Å²) in [6.07, 6.45) is 0. The van der Waals surface area contributed by atoms with Crippen LogP contribution in [0.15, 0.2) is 33.4 Å². The summed E-state index contributed by atoms with van der Waals surface area (Å²) in [7, 11) is 0. The highest BCUT2D eigenvalue weighted by Crippen LogP contribution is 2.30. The van der Waals surface area contributed by atoms with Crippen LogP contribution < -0.4 is 0 Å². The molecule has 82 valence electrons. The van der Waals surface area contributed by atoms with Crippen LogP contribution >= 0.6 is 15.9 Å². The van der Waals surface area contributed by atoms with Gasteiger partial charge in [0.1, 0.15) is 11.4 Å². The number of halogens is 2. The van der Waals surface area contributed by atoms with Crippen LogP contribution in [-0.4, -0.2) is 16.2 Å². The molecule has 1 N–H and O–H groups in total. The number of aromatic carboxylic acids is 1. The van der Waals surface area contributed by atoms with Gasteiger partial charge < -0.3 is 9.63 Å². The average Bonchev–Trinajstić information content (AvgIpc) is 2.61. The third kappa shape index (κ3) is 1.71. The summed E-state index contributed by atoms with van der Waals surface area (Å²) in [6.45, 7) is 0. The second-order valence-corrected chi connectivity index (χ2v) is 3.71. The van der Waals surface area contributed by atoms with E-state index in [4.69, 9.17) is 9.63 Å². The highest BCUT2D eigenvalue weighted by atomic mass is 79.9. The lowest BCUT2D eigenvalue weighted by Crippen LogP contribution is -1.98. The van der Waals surface area contributed by atoms with Gasteiger partial charge in [0.2, 0.25) is 0 Å². The number of aromatic nitrogens is 1. The molecule has 0 bridgehead atoms. The highest BCUT2D eigenvalue weighted by Gasteiger charge is 2.23. The van der Waals surface area contributed by atoms with Gasteiger partial charge in [0.05, 0.1) is 5.56 Å². The van der Waals surface area contributed by atoms with Crippen molar-refractivity contribution in [2.24, 2.45) is 0 Å². The molecule has 2 rings (SSSR count). The molecule has 6 heteroatoms. The molecular formula is C10H5BrFNO3. The molecular weight excluding hydrogens is 281 g/mol. The molecule has 0 amide bonds. The minimum absolute atomic E-state index is 0.0400. The van der Waals surface area contributed by atoms with E-state index >= 15 is 0 Å². The molecule has 1 aromatic heterocycles. The van der Waals surface area contributed by atoms with E-state index in [9.17, 15) is 9.18 Å². The maximum Gasteiger partial charge on any atom is 0.342 e. The fourth-order valence-corrected chi connectivity index (χ4v) is 1.71. The molecule has 0 aliphatic carbocycles. The predicted molar refractivity (Wildman–Crippen MR) is 56.6 cm³/mol. The van der Waals surface area contributed by atoms with Crippen molar-refractivity contribution >= 4 is 21.9 Å². The second kappa shape index (κ2) is 4.05. The third-order valence-corrected chi connectivity index (χ3v) is 2.52. The zero-order valence-electron chi connectivity index (χ0n) is 7.78. The Hall–Kier alpha value is -1.69. The van der Waals surface area contributed by atoms with Crippen LogP contribution in [0.1, 0.15) is 10.4 Å². The van der Waals surface area contributed by atoms with Crippen LogP contribution in [0.5, 0.6) is 0 Å². The van der Waals surface area contributed by atoms with Gasteiger partial charge >= 0.3 is 5.97 Å².